The number of halogens is 1. The Labute approximate surface area is 184 Å². The Kier molecular flexibility index (Phi) is 4.81. The third kappa shape index (κ3) is 3.36. The number of nitrogens with zero attached hydrogens (tertiary/aromatic N) is 3. The fourth-order valence-corrected chi connectivity index (χ4v) is 4.34. The van der Waals surface area contributed by atoms with Crippen molar-refractivity contribution < 1.29 is 14.0 Å². The fraction of sp³-hybridized carbons (Fsp3) is 0.200. The SMILES string of the molecule is CC1C=C(C=O)C(c2ccc3nc(N)nc(C(=O)N4Cc5ccccc5C4)c3c2)=CC1F. The van der Waals surface area contributed by atoms with Gasteiger partial charge in [-0.1, -0.05) is 43.3 Å². The minimum atomic E-state index is -1.20. The van der Waals surface area contributed by atoms with Crippen LogP contribution >= 0.6 is 0 Å². The van der Waals surface area contributed by atoms with Gasteiger partial charge in [0.15, 0.2) is 0 Å². The van der Waals surface area contributed by atoms with Crippen molar-refractivity contribution in [1.82, 2.24) is 14.9 Å². The molecule has 6 nitrogen and oxygen atoms in total. The van der Waals surface area contributed by atoms with Gasteiger partial charge in [0.25, 0.3) is 5.91 Å². The van der Waals surface area contributed by atoms with E-state index in [9.17, 15) is 14.0 Å². The monoisotopic (exact) mass is 428 g/mol. The van der Waals surface area contributed by atoms with E-state index in [0.29, 0.717) is 40.7 Å². The van der Waals surface area contributed by atoms with Gasteiger partial charge in [-0.05, 0) is 40.5 Å². The Morgan fingerprint density at radius 2 is 1.84 bits per heavy atom. The summed E-state index contributed by atoms with van der Waals surface area (Å²) in [5.74, 6) is -0.622. The molecule has 0 spiro atoms. The molecule has 0 saturated heterocycles. The zero-order valence-corrected chi connectivity index (χ0v) is 17.5. The Balaban J connectivity index is 1.58. The molecule has 7 heteroatoms. The Morgan fingerprint density at radius 1 is 1.12 bits per heavy atom. The molecule has 2 unspecified atom stereocenters. The molecule has 2 atom stereocenters. The molecule has 2 aliphatic rings. The predicted octanol–water partition coefficient (Wildman–Crippen LogP) is 3.86. The highest BCUT2D eigenvalue weighted by atomic mass is 19.1. The normalized spacial score (nSPS) is 20.0. The minimum absolute atomic E-state index is 0.00770. The highest BCUT2D eigenvalue weighted by molar-refractivity contribution is 6.07. The summed E-state index contributed by atoms with van der Waals surface area (Å²) in [6.07, 6.45) is 2.61. The minimum Gasteiger partial charge on any atom is -0.368 e. The van der Waals surface area contributed by atoms with Crippen molar-refractivity contribution in [2.24, 2.45) is 5.92 Å². The van der Waals surface area contributed by atoms with Crippen LogP contribution < -0.4 is 5.73 Å². The van der Waals surface area contributed by atoms with Gasteiger partial charge in [-0.25, -0.2) is 14.4 Å². The number of aldehydes is 1. The fourth-order valence-electron chi connectivity index (χ4n) is 4.34. The largest absolute Gasteiger partial charge is 0.368 e. The van der Waals surface area contributed by atoms with Crippen molar-refractivity contribution in [2.75, 3.05) is 5.73 Å². The van der Waals surface area contributed by atoms with E-state index < -0.39 is 6.17 Å². The lowest BCUT2D eigenvalue weighted by Crippen LogP contribution is -2.27. The van der Waals surface area contributed by atoms with Crippen LogP contribution in [-0.4, -0.2) is 33.2 Å². The third-order valence-electron chi connectivity index (χ3n) is 6.06. The zero-order chi connectivity index (χ0) is 22.4. The molecule has 1 aromatic heterocycles. The number of carbonyl (C=O) groups excluding carboxylic acids is 2. The number of hydrogen-bond acceptors (Lipinski definition) is 5. The van der Waals surface area contributed by atoms with E-state index in [1.54, 1.807) is 36.1 Å². The van der Waals surface area contributed by atoms with Crippen molar-refractivity contribution >= 4 is 34.6 Å². The van der Waals surface area contributed by atoms with E-state index in [1.807, 2.05) is 24.3 Å². The van der Waals surface area contributed by atoms with Crippen LogP contribution in [0.5, 0.6) is 0 Å². The van der Waals surface area contributed by atoms with Gasteiger partial charge in [-0.15, -0.1) is 0 Å². The van der Waals surface area contributed by atoms with E-state index in [4.69, 9.17) is 5.73 Å². The molecule has 0 saturated carbocycles. The number of amides is 1. The smallest absolute Gasteiger partial charge is 0.273 e. The van der Waals surface area contributed by atoms with Crippen molar-refractivity contribution in [3.8, 4) is 0 Å². The number of allylic oxidation sites excluding steroid dienone is 4. The molecule has 1 amide bonds. The van der Waals surface area contributed by atoms with Crippen molar-refractivity contribution in [2.45, 2.75) is 26.2 Å². The molecular weight excluding hydrogens is 407 g/mol. The van der Waals surface area contributed by atoms with E-state index in [1.165, 1.54) is 6.08 Å². The quantitative estimate of drug-likeness (QED) is 0.640. The topological polar surface area (TPSA) is 89.2 Å². The lowest BCUT2D eigenvalue weighted by molar-refractivity contribution is -0.104. The van der Waals surface area contributed by atoms with E-state index in [0.717, 1.165) is 17.4 Å². The Morgan fingerprint density at radius 3 is 2.53 bits per heavy atom. The molecule has 1 aliphatic carbocycles. The average Bonchev–Trinajstić information content (AvgIpc) is 3.23. The van der Waals surface area contributed by atoms with Gasteiger partial charge < -0.3 is 10.6 Å². The molecule has 1 aliphatic heterocycles. The van der Waals surface area contributed by atoms with Crippen LogP contribution in [0.15, 0.2) is 60.2 Å². The maximum absolute atomic E-state index is 14.4. The number of alkyl halides is 1. The van der Waals surface area contributed by atoms with Gasteiger partial charge >= 0.3 is 0 Å². The van der Waals surface area contributed by atoms with Crippen LogP contribution in [0.2, 0.25) is 0 Å². The molecule has 0 bridgehead atoms. The molecule has 2 heterocycles. The highest BCUT2D eigenvalue weighted by Crippen LogP contribution is 2.33. The molecule has 32 heavy (non-hydrogen) atoms. The molecule has 3 aromatic rings. The van der Waals surface area contributed by atoms with E-state index in [2.05, 4.69) is 9.97 Å². The summed E-state index contributed by atoms with van der Waals surface area (Å²) >= 11 is 0. The van der Waals surface area contributed by atoms with Crippen molar-refractivity contribution in [3.05, 3.63) is 82.6 Å². The zero-order valence-electron chi connectivity index (χ0n) is 17.5. The molecule has 5 rings (SSSR count). The lowest BCUT2D eigenvalue weighted by atomic mass is 9.86. The summed E-state index contributed by atoms with van der Waals surface area (Å²) in [7, 11) is 0. The van der Waals surface area contributed by atoms with E-state index in [-0.39, 0.29) is 23.5 Å². The first kappa shape index (κ1) is 20.1. The number of hydrogen-bond donors (Lipinski definition) is 1. The van der Waals surface area contributed by atoms with Crippen molar-refractivity contribution in [1.29, 1.82) is 0 Å². The first-order valence-electron chi connectivity index (χ1n) is 10.4. The number of rotatable bonds is 3. The number of carbonyl (C=O) groups is 2. The number of aromatic nitrogens is 2. The first-order valence-corrected chi connectivity index (χ1v) is 10.4. The third-order valence-corrected chi connectivity index (χ3v) is 6.06. The van der Waals surface area contributed by atoms with Crippen LogP contribution in [0.3, 0.4) is 0 Å². The summed E-state index contributed by atoms with van der Waals surface area (Å²) in [5.41, 5.74) is 10.3. The van der Waals surface area contributed by atoms with Crippen LogP contribution in [-0.2, 0) is 17.9 Å². The summed E-state index contributed by atoms with van der Waals surface area (Å²) in [6, 6.07) is 13.1. The molecule has 0 radical (unpaired) electrons. The van der Waals surface area contributed by atoms with E-state index >= 15 is 0 Å². The number of fused-ring (bicyclic) bond motifs is 2. The first-order chi connectivity index (χ1) is 15.4. The second-order valence-electron chi connectivity index (χ2n) is 8.22. The van der Waals surface area contributed by atoms with Crippen LogP contribution in [0.4, 0.5) is 10.3 Å². The summed E-state index contributed by atoms with van der Waals surface area (Å²) in [4.78, 5) is 35.3. The molecule has 160 valence electrons. The second-order valence-corrected chi connectivity index (χ2v) is 8.22. The number of nitrogen functional groups attached to an aromatic ring is 1. The van der Waals surface area contributed by atoms with Gasteiger partial charge in [0, 0.05) is 30.0 Å². The van der Waals surface area contributed by atoms with Crippen LogP contribution in [0, 0.1) is 5.92 Å². The van der Waals surface area contributed by atoms with Gasteiger partial charge in [0.05, 0.1) is 5.52 Å². The predicted molar refractivity (Wildman–Crippen MR) is 120 cm³/mol. The highest BCUT2D eigenvalue weighted by Gasteiger charge is 2.27. The number of nitrogens with two attached hydrogens (primary N) is 1. The van der Waals surface area contributed by atoms with Gasteiger partial charge in [-0.3, -0.25) is 9.59 Å². The maximum atomic E-state index is 14.4. The standard InChI is InChI=1S/C25H21FN4O2/c1-14-8-18(13-31)19(10-21(14)26)15-6-7-22-20(9-15)23(29-25(27)28-22)24(32)30-11-16-4-2-3-5-17(16)12-30/h2-10,13-14,21H,11-12H2,1H3,(H2,27,28,29). The second kappa shape index (κ2) is 7.67. The van der Waals surface area contributed by atoms with Crippen LogP contribution in [0.1, 0.15) is 34.1 Å². The number of benzene rings is 2. The van der Waals surface area contributed by atoms with Crippen LogP contribution in [0.25, 0.3) is 16.5 Å². The Bertz CT molecular complexity index is 1310. The maximum Gasteiger partial charge on any atom is 0.273 e. The van der Waals surface area contributed by atoms with Gasteiger partial charge in [0.1, 0.15) is 18.2 Å². The summed E-state index contributed by atoms with van der Waals surface area (Å²) in [5, 5.41) is 0.512. The number of anilines is 1. The molecule has 0 fully saturated rings. The Hall–Kier alpha value is -3.87. The van der Waals surface area contributed by atoms with Crippen molar-refractivity contribution in [3.63, 3.8) is 0 Å². The molecular formula is C25H21FN4O2. The summed E-state index contributed by atoms with van der Waals surface area (Å²) < 4.78 is 14.4. The van der Waals surface area contributed by atoms with Gasteiger partial charge in [0.2, 0.25) is 5.95 Å². The molecule has 2 N–H and O–H groups in total. The summed E-state index contributed by atoms with van der Waals surface area (Å²) in [6.45, 7) is 2.71. The molecule has 2 aromatic carbocycles. The average molecular weight is 428 g/mol. The van der Waals surface area contributed by atoms with Gasteiger partial charge in [-0.2, -0.15) is 0 Å². The lowest BCUT2D eigenvalue weighted by Gasteiger charge is -2.20.